The van der Waals surface area contributed by atoms with Crippen LogP contribution in [0.5, 0.6) is 11.5 Å². The Morgan fingerprint density at radius 3 is 2.39 bits per heavy atom. The van der Waals surface area contributed by atoms with Crippen LogP contribution in [0.2, 0.25) is 0 Å². The van der Waals surface area contributed by atoms with Crippen molar-refractivity contribution in [1.82, 2.24) is 5.32 Å². The van der Waals surface area contributed by atoms with Crippen molar-refractivity contribution in [2.75, 3.05) is 20.8 Å². The maximum Gasteiger partial charge on any atom is 0.251 e. The Balaban J connectivity index is 2.00. The molecule has 0 aliphatic carbocycles. The van der Waals surface area contributed by atoms with Crippen LogP contribution < -0.4 is 14.8 Å². The zero-order chi connectivity index (χ0) is 16.8. The van der Waals surface area contributed by atoms with Crippen LogP contribution in [-0.2, 0) is 6.42 Å². The summed E-state index contributed by atoms with van der Waals surface area (Å²) in [6, 6.07) is 11.3. The molecule has 2 rings (SSSR count). The smallest absolute Gasteiger partial charge is 0.251 e. The SMILES string of the molecule is COc1cc(CCNC(=O)c2ccc(I)cc2)c(OC)cc1Br. The summed E-state index contributed by atoms with van der Waals surface area (Å²) >= 11 is 5.65. The monoisotopic (exact) mass is 489 g/mol. The zero-order valence-electron chi connectivity index (χ0n) is 12.9. The first-order valence-electron chi connectivity index (χ1n) is 6.99. The zero-order valence-corrected chi connectivity index (χ0v) is 16.6. The summed E-state index contributed by atoms with van der Waals surface area (Å²) in [5.74, 6) is 1.43. The molecule has 0 saturated heterocycles. The Kier molecular flexibility index (Phi) is 6.71. The number of carbonyl (C=O) groups excluding carboxylic acids is 1. The summed E-state index contributed by atoms with van der Waals surface area (Å²) < 4.78 is 12.6. The van der Waals surface area contributed by atoms with Crippen molar-refractivity contribution in [3.05, 3.63) is 55.6 Å². The van der Waals surface area contributed by atoms with E-state index in [1.807, 2.05) is 36.4 Å². The molecule has 0 fully saturated rings. The van der Waals surface area contributed by atoms with Gasteiger partial charge in [-0.25, -0.2) is 0 Å². The minimum Gasteiger partial charge on any atom is -0.496 e. The maximum absolute atomic E-state index is 12.1. The average Bonchev–Trinajstić information content (AvgIpc) is 2.56. The first-order chi connectivity index (χ1) is 11.0. The van der Waals surface area contributed by atoms with Gasteiger partial charge in [-0.1, -0.05) is 0 Å². The third-order valence-electron chi connectivity index (χ3n) is 3.34. The van der Waals surface area contributed by atoms with E-state index in [0.29, 0.717) is 18.5 Å². The average molecular weight is 490 g/mol. The van der Waals surface area contributed by atoms with Crippen molar-refractivity contribution >= 4 is 44.4 Å². The Labute approximate surface area is 157 Å². The largest absolute Gasteiger partial charge is 0.496 e. The van der Waals surface area contributed by atoms with E-state index in [0.717, 1.165) is 25.1 Å². The van der Waals surface area contributed by atoms with Crippen LogP contribution in [0.25, 0.3) is 0 Å². The van der Waals surface area contributed by atoms with E-state index in [1.165, 1.54) is 0 Å². The quantitative estimate of drug-likeness (QED) is 0.623. The van der Waals surface area contributed by atoms with Crippen molar-refractivity contribution in [3.63, 3.8) is 0 Å². The minimum absolute atomic E-state index is 0.0792. The Bertz CT molecular complexity index is 689. The maximum atomic E-state index is 12.1. The normalized spacial score (nSPS) is 10.3. The fourth-order valence-electron chi connectivity index (χ4n) is 2.13. The number of rotatable bonds is 6. The second-order valence-corrected chi connectivity index (χ2v) is 6.91. The van der Waals surface area contributed by atoms with Crippen molar-refractivity contribution in [3.8, 4) is 11.5 Å². The molecule has 0 saturated carbocycles. The number of methoxy groups -OCH3 is 2. The number of carbonyl (C=O) groups is 1. The van der Waals surface area contributed by atoms with E-state index in [2.05, 4.69) is 43.8 Å². The van der Waals surface area contributed by atoms with Gasteiger partial charge in [-0.3, -0.25) is 4.79 Å². The van der Waals surface area contributed by atoms with Crippen LogP contribution in [0, 0.1) is 3.57 Å². The van der Waals surface area contributed by atoms with Crippen LogP contribution in [0.1, 0.15) is 15.9 Å². The molecule has 0 aliphatic rings. The van der Waals surface area contributed by atoms with Crippen molar-refractivity contribution < 1.29 is 14.3 Å². The molecule has 23 heavy (non-hydrogen) atoms. The number of ether oxygens (including phenoxy) is 2. The first kappa shape index (κ1) is 18.1. The highest BCUT2D eigenvalue weighted by Gasteiger charge is 2.10. The van der Waals surface area contributed by atoms with Gasteiger partial charge in [-0.2, -0.15) is 0 Å². The topological polar surface area (TPSA) is 47.6 Å². The second kappa shape index (κ2) is 8.54. The molecule has 1 amide bonds. The molecule has 0 heterocycles. The van der Waals surface area contributed by atoms with Gasteiger partial charge in [0.15, 0.2) is 0 Å². The molecule has 0 bridgehead atoms. The molecular weight excluding hydrogens is 473 g/mol. The van der Waals surface area contributed by atoms with E-state index < -0.39 is 0 Å². The summed E-state index contributed by atoms with van der Waals surface area (Å²) in [6.45, 7) is 0.520. The van der Waals surface area contributed by atoms with E-state index in [4.69, 9.17) is 9.47 Å². The molecular formula is C17H17BrINO3. The van der Waals surface area contributed by atoms with Gasteiger partial charge in [0.25, 0.3) is 5.91 Å². The highest BCUT2D eigenvalue weighted by molar-refractivity contribution is 14.1. The van der Waals surface area contributed by atoms with Gasteiger partial charge in [0, 0.05) is 15.7 Å². The molecule has 2 aromatic carbocycles. The second-order valence-electron chi connectivity index (χ2n) is 4.81. The molecule has 1 N–H and O–H groups in total. The van der Waals surface area contributed by atoms with Gasteiger partial charge < -0.3 is 14.8 Å². The van der Waals surface area contributed by atoms with Crippen molar-refractivity contribution in [2.45, 2.75) is 6.42 Å². The number of nitrogens with one attached hydrogen (secondary N) is 1. The molecule has 0 radical (unpaired) electrons. The number of halogens is 2. The number of hydrogen-bond donors (Lipinski definition) is 1. The van der Waals surface area contributed by atoms with Crippen molar-refractivity contribution in [2.24, 2.45) is 0 Å². The Hall–Kier alpha value is -1.28. The molecule has 4 nitrogen and oxygen atoms in total. The Morgan fingerprint density at radius 1 is 1.13 bits per heavy atom. The fourth-order valence-corrected chi connectivity index (χ4v) is 2.98. The third kappa shape index (κ3) is 4.84. The van der Waals surface area contributed by atoms with E-state index in [-0.39, 0.29) is 5.91 Å². The lowest BCUT2D eigenvalue weighted by molar-refractivity contribution is 0.0954. The van der Waals surface area contributed by atoms with E-state index >= 15 is 0 Å². The van der Waals surface area contributed by atoms with Gasteiger partial charge >= 0.3 is 0 Å². The van der Waals surface area contributed by atoms with Crippen LogP contribution >= 0.6 is 38.5 Å². The lowest BCUT2D eigenvalue weighted by atomic mass is 10.1. The first-order valence-corrected chi connectivity index (χ1v) is 8.86. The van der Waals surface area contributed by atoms with Crippen LogP contribution in [0.3, 0.4) is 0 Å². The number of amides is 1. The van der Waals surface area contributed by atoms with Crippen molar-refractivity contribution in [1.29, 1.82) is 0 Å². The minimum atomic E-state index is -0.0792. The molecule has 0 atom stereocenters. The Morgan fingerprint density at radius 2 is 1.78 bits per heavy atom. The highest BCUT2D eigenvalue weighted by Crippen LogP contribution is 2.32. The molecule has 122 valence electrons. The van der Waals surface area contributed by atoms with Gasteiger partial charge in [-0.15, -0.1) is 0 Å². The third-order valence-corrected chi connectivity index (χ3v) is 4.68. The molecule has 6 heteroatoms. The molecule has 0 unspecified atom stereocenters. The predicted octanol–water partition coefficient (Wildman–Crippen LogP) is 4.04. The fraction of sp³-hybridized carbons (Fsp3) is 0.235. The predicted molar refractivity (Wildman–Crippen MR) is 102 cm³/mol. The summed E-state index contributed by atoms with van der Waals surface area (Å²) in [5.41, 5.74) is 1.64. The van der Waals surface area contributed by atoms with Crippen LogP contribution in [0.15, 0.2) is 40.9 Å². The summed E-state index contributed by atoms with van der Waals surface area (Å²) in [5, 5.41) is 2.92. The van der Waals surface area contributed by atoms with E-state index in [9.17, 15) is 4.79 Å². The summed E-state index contributed by atoms with van der Waals surface area (Å²) in [6.07, 6.45) is 0.656. The number of hydrogen-bond acceptors (Lipinski definition) is 3. The summed E-state index contributed by atoms with van der Waals surface area (Å²) in [4.78, 5) is 12.1. The van der Waals surface area contributed by atoms with Crippen LogP contribution in [-0.4, -0.2) is 26.7 Å². The molecule has 0 aromatic heterocycles. The van der Waals surface area contributed by atoms with E-state index in [1.54, 1.807) is 14.2 Å². The highest BCUT2D eigenvalue weighted by atomic mass is 127. The summed E-state index contributed by atoms with van der Waals surface area (Å²) in [7, 11) is 3.25. The lowest BCUT2D eigenvalue weighted by Crippen LogP contribution is -2.25. The lowest BCUT2D eigenvalue weighted by Gasteiger charge is -2.13. The van der Waals surface area contributed by atoms with Gasteiger partial charge in [0.1, 0.15) is 11.5 Å². The van der Waals surface area contributed by atoms with Gasteiger partial charge in [0.2, 0.25) is 0 Å². The van der Waals surface area contributed by atoms with Gasteiger partial charge in [-0.05, 0) is 86.9 Å². The standard InChI is InChI=1S/C17H17BrINO3/c1-22-15-10-14(18)16(23-2)9-12(15)7-8-20-17(21)11-3-5-13(19)6-4-11/h3-6,9-10H,7-8H2,1-2H3,(H,20,21). The molecule has 0 spiro atoms. The van der Waals surface area contributed by atoms with Gasteiger partial charge in [0.05, 0.1) is 18.7 Å². The molecule has 2 aromatic rings. The van der Waals surface area contributed by atoms with Crippen LogP contribution in [0.4, 0.5) is 0 Å². The number of benzene rings is 2. The molecule has 0 aliphatic heterocycles.